The fraction of sp³-hybridized carbons (Fsp3) is 0.139. The van der Waals surface area contributed by atoms with E-state index in [2.05, 4.69) is 65.6 Å². The molecule has 1 aromatic heterocycles. The van der Waals surface area contributed by atoms with Crippen LogP contribution in [0.4, 0.5) is 5.69 Å². The van der Waals surface area contributed by atoms with Crippen LogP contribution in [0.2, 0.25) is 0 Å². The minimum absolute atomic E-state index is 0.349. The summed E-state index contributed by atoms with van der Waals surface area (Å²) in [5.41, 5.74) is 3.31. The maximum atomic E-state index is 13.1. The first kappa shape index (κ1) is 24.0. The Hall–Kier alpha value is -4.87. The van der Waals surface area contributed by atoms with Crippen molar-refractivity contribution in [3.8, 4) is 5.75 Å². The molecule has 0 spiro atoms. The number of ether oxygens (including phenoxy) is 2. The van der Waals surface area contributed by atoms with Gasteiger partial charge in [0.25, 0.3) is 0 Å². The van der Waals surface area contributed by atoms with E-state index >= 15 is 0 Å². The van der Waals surface area contributed by atoms with E-state index in [1.165, 1.54) is 5.69 Å². The summed E-state index contributed by atoms with van der Waals surface area (Å²) >= 11 is 0. The Bertz CT molecular complexity index is 2020. The van der Waals surface area contributed by atoms with Crippen LogP contribution in [-0.4, -0.2) is 26.3 Å². The van der Waals surface area contributed by atoms with Crippen molar-refractivity contribution in [1.82, 2.24) is 0 Å². The molecule has 200 valence electrons. The quantitative estimate of drug-likeness (QED) is 0.175. The minimum Gasteiger partial charge on any atom is -0.472 e. The lowest BCUT2D eigenvalue weighted by Gasteiger charge is -2.37. The fourth-order valence-electron chi connectivity index (χ4n) is 6.37. The lowest BCUT2D eigenvalue weighted by atomic mass is 9.82. The third kappa shape index (κ3) is 3.70. The molecule has 0 aliphatic carbocycles. The first-order valence-corrected chi connectivity index (χ1v) is 14.0. The molecule has 2 aliphatic rings. The zero-order valence-corrected chi connectivity index (χ0v) is 22.4. The molecule has 8 rings (SSSR count). The molecule has 0 bridgehead atoms. The predicted octanol–water partition coefficient (Wildman–Crippen LogP) is 7.29. The molecule has 0 amide bonds. The molecule has 5 aromatic carbocycles. The van der Waals surface area contributed by atoms with E-state index in [4.69, 9.17) is 13.9 Å². The summed E-state index contributed by atoms with van der Waals surface area (Å²) in [7, 11) is 0. The third-order valence-corrected chi connectivity index (χ3v) is 8.39. The Morgan fingerprint density at radius 2 is 1.27 bits per heavy atom. The molecular formula is C36H27NO4. The minimum atomic E-state index is -0.870. The topological polar surface area (TPSA) is 51.9 Å². The number of anilines is 1. The van der Waals surface area contributed by atoms with Crippen LogP contribution in [0, 0.1) is 0 Å². The zero-order chi connectivity index (χ0) is 27.4. The standard InChI is InChI=1S/C36H27NO4/c38-35-30-13-7-5-11-28(30)32-27-10-4-6-12-29(27)33-31(34(32)40-35)18-19-36(41-33,24-8-2-1-3-9-24)25-14-16-26(17-15-25)37-20-22-39-23-21-37/h1-19H,20-23H2. The first-order valence-electron chi connectivity index (χ1n) is 14.0. The summed E-state index contributed by atoms with van der Waals surface area (Å²) in [4.78, 5) is 15.5. The predicted molar refractivity (Wildman–Crippen MR) is 164 cm³/mol. The number of rotatable bonds is 3. The molecule has 1 unspecified atom stereocenters. The summed E-state index contributed by atoms with van der Waals surface area (Å²) < 4.78 is 18.8. The molecule has 5 heteroatoms. The van der Waals surface area contributed by atoms with Crippen LogP contribution in [0.15, 0.2) is 118 Å². The lowest BCUT2D eigenvalue weighted by Crippen LogP contribution is -2.36. The number of hydrogen-bond acceptors (Lipinski definition) is 5. The Morgan fingerprint density at radius 3 is 2.00 bits per heavy atom. The number of morpholine rings is 1. The van der Waals surface area contributed by atoms with Gasteiger partial charge in [0.2, 0.25) is 0 Å². The summed E-state index contributed by atoms with van der Waals surface area (Å²) in [5.74, 6) is 0.704. The SMILES string of the molecule is O=c1oc2c3c(c4ccccc4c2c2ccccc12)OC(c1ccccc1)(c1ccc(N2CCOCC2)cc1)C=C3. The van der Waals surface area contributed by atoms with Crippen molar-refractivity contribution in [2.75, 3.05) is 31.2 Å². The maximum absolute atomic E-state index is 13.1. The fourth-order valence-corrected chi connectivity index (χ4v) is 6.37. The smallest absolute Gasteiger partial charge is 0.344 e. The average molecular weight is 538 g/mol. The highest BCUT2D eigenvalue weighted by Crippen LogP contribution is 2.49. The number of benzene rings is 5. The van der Waals surface area contributed by atoms with Crippen LogP contribution in [0.5, 0.6) is 5.75 Å². The van der Waals surface area contributed by atoms with Crippen LogP contribution in [0.25, 0.3) is 38.6 Å². The van der Waals surface area contributed by atoms with Crippen LogP contribution in [0.3, 0.4) is 0 Å². The molecule has 0 radical (unpaired) electrons. The molecule has 2 aliphatic heterocycles. The van der Waals surface area contributed by atoms with Crippen molar-refractivity contribution in [2.45, 2.75) is 5.60 Å². The van der Waals surface area contributed by atoms with Crippen molar-refractivity contribution in [1.29, 1.82) is 0 Å². The van der Waals surface area contributed by atoms with E-state index < -0.39 is 5.60 Å². The summed E-state index contributed by atoms with van der Waals surface area (Å²) in [6.45, 7) is 3.24. The van der Waals surface area contributed by atoms with Gasteiger partial charge in [0.05, 0.1) is 24.2 Å². The van der Waals surface area contributed by atoms with Gasteiger partial charge in [-0.05, 0) is 35.7 Å². The van der Waals surface area contributed by atoms with E-state index in [0.717, 1.165) is 64.5 Å². The molecule has 0 N–H and O–H groups in total. The second-order valence-corrected chi connectivity index (χ2v) is 10.6. The van der Waals surface area contributed by atoms with Crippen LogP contribution in [-0.2, 0) is 10.3 Å². The van der Waals surface area contributed by atoms with Crippen LogP contribution < -0.4 is 15.3 Å². The van der Waals surface area contributed by atoms with Gasteiger partial charge in [0.15, 0.2) is 11.2 Å². The Morgan fingerprint density at radius 1 is 0.659 bits per heavy atom. The molecule has 1 atom stereocenters. The van der Waals surface area contributed by atoms with Crippen molar-refractivity contribution in [3.05, 3.63) is 136 Å². The molecule has 5 nitrogen and oxygen atoms in total. The lowest BCUT2D eigenvalue weighted by molar-refractivity contribution is 0.122. The van der Waals surface area contributed by atoms with Gasteiger partial charge in [-0.15, -0.1) is 0 Å². The van der Waals surface area contributed by atoms with Crippen molar-refractivity contribution < 1.29 is 13.9 Å². The highest BCUT2D eigenvalue weighted by atomic mass is 16.5. The molecule has 41 heavy (non-hydrogen) atoms. The van der Waals surface area contributed by atoms with E-state index in [9.17, 15) is 4.79 Å². The van der Waals surface area contributed by atoms with Gasteiger partial charge in [-0.1, -0.05) is 84.9 Å². The van der Waals surface area contributed by atoms with Crippen LogP contribution in [0.1, 0.15) is 16.7 Å². The second kappa shape index (κ2) is 9.36. The molecular weight excluding hydrogens is 510 g/mol. The number of hydrogen-bond donors (Lipinski definition) is 0. The van der Waals surface area contributed by atoms with Gasteiger partial charge in [0.1, 0.15) is 5.75 Å². The zero-order valence-electron chi connectivity index (χ0n) is 22.4. The van der Waals surface area contributed by atoms with Gasteiger partial charge >= 0.3 is 5.63 Å². The maximum Gasteiger partial charge on any atom is 0.344 e. The molecule has 1 saturated heterocycles. The van der Waals surface area contributed by atoms with Gasteiger partial charge in [-0.25, -0.2) is 4.79 Å². The van der Waals surface area contributed by atoms with Gasteiger partial charge in [0, 0.05) is 46.1 Å². The molecule has 0 saturated carbocycles. The highest BCUT2D eigenvalue weighted by Gasteiger charge is 2.39. The van der Waals surface area contributed by atoms with Crippen molar-refractivity contribution in [2.24, 2.45) is 0 Å². The summed E-state index contributed by atoms with van der Waals surface area (Å²) in [5, 5.41) is 4.34. The number of fused-ring (bicyclic) bond motifs is 8. The number of nitrogens with zero attached hydrogens (tertiary/aromatic N) is 1. The first-order chi connectivity index (χ1) is 20.2. The van der Waals surface area contributed by atoms with Crippen LogP contribution >= 0.6 is 0 Å². The summed E-state index contributed by atoms with van der Waals surface area (Å²) in [6, 6.07) is 34.8. The average Bonchev–Trinajstić information content (AvgIpc) is 3.05. The van der Waals surface area contributed by atoms with Crippen molar-refractivity contribution >= 4 is 44.3 Å². The van der Waals surface area contributed by atoms with E-state index in [0.29, 0.717) is 16.7 Å². The second-order valence-electron chi connectivity index (χ2n) is 10.6. The van der Waals surface area contributed by atoms with E-state index in [1.54, 1.807) is 0 Å². The Kier molecular flexibility index (Phi) is 5.47. The third-order valence-electron chi connectivity index (χ3n) is 8.39. The monoisotopic (exact) mass is 537 g/mol. The van der Waals surface area contributed by atoms with Gasteiger partial charge < -0.3 is 18.8 Å². The Labute approximate surface area is 236 Å². The molecule has 3 heterocycles. The largest absolute Gasteiger partial charge is 0.472 e. The van der Waals surface area contributed by atoms with Gasteiger partial charge in [-0.2, -0.15) is 0 Å². The summed E-state index contributed by atoms with van der Waals surface area (Å²) in [6.07, 6.45) is 4.16. The Balaban J connectivity index is 1.37. The highest BCUT2D eigenvalue weighted by molar-refractivity contribution is 6.22. The molecule has 6 aromatic rings. The normalized spacial score (nSPS) is 18.5. The van der Waals surface area contributed by atoms with Gasteiger partial charge in [-0.3, -0.25) is 0 Å². The molecule has 1 fully saturated rings. The van der Waals surface area contributed by atoms with E-state index in [-0.39, 0.29) is 5.63 Å². The van der Waals surface area contributed by atoms with E-state index in [1.807, 2.05) is 54.6 Å². The van der Waals surface area contributed by atoms with Crippen molar-refractivity contribution in [3.63, 3.8) is 0 Å².